The molecular weight excluding hydrogens is 272 g/mol. The molecule has 2 heterocycles. The summed E-state index contributed by atoms with van der Waals surface area (Å²) in [5, 5.41) is 11.9. The molecule has 20 heavy (non-hydrogen) atoms. The number of piperazine rings is 1. The number of hydrogen-bond acceptors (Lipinski definition) is 4. The number of rotatable bonds is 5. The van der Waals surface area contributed by atoms with Crippen molar-refractivity contribution in [3.05, 3.63) is 22.4 Å². The zero-order valence-electron chi connectivity index (χ0n) is 12.3. The predicted molar refractivity (Wildman–Crippen MR) is 82.0 cm³/mol. The molecule has 5 heteroatoms. The van der Waals surface area contributed by atoms with Gasteiger partial charge in [0.2, 0.25) is 5.91 Å². The second-order valence-electron chi connectivity index (χ2n) is 6.05. The molecule has 0 bridgehead atoms. The molecular formula is C15H24N2O2S. The molecule has 0 radical (unpaired) electrons. The van der Waals surface area contributed by atoms with E-state index in [9.17, 15) is 9.90 Å². The molecule has 0 unspecified atom stereocenters. The van der Waals surface area contributed by atoms with E-state index in [1.807, 2.05) is 24.8 Å². The number of carbonyl (C=O) groups is 1. The van der Waals surface area contributed by atoms with Crippen molar-refractivity contribution in [1.82, 2.24) is 9.80 Å². The number of β-amino-alcohol motifs (C(OH)–C–C–N with tert-alkyl or cyclic N) is 1. The van der Waals surface area contributed by atoms with Crippen LogP contribution in [0.25, 0.3) is 0 Å². The van der Waals surface area contributed by atoms with Crippen LogP contribution < -0.4 is 0 Å². The Morgan fingerprint density at radius 2 is 2.05 bits per heavy atom. The van der Waals surface area contributed by atoms with E-state index < -0.39 is 5.60 Å². The van der Waals surface area contributed by atoms with Gasteiger partial charge >= 0.3 is 0 Å². The number of aliphatic hydroxyl groups is 1. The molecule has 0 aliphatic carbocycles. The number of nitrogens with zero attached hydrogens (tertiary/aromatic N) is 2. The highest BCUT2D eigenvalue weighted by atomic mass is 32.1. The summed E-state index contributed by atoms with van der Waals surface area (Å²) >= 11 is 1.71. The average Bonchev–Trinajstić information content (AvgIpc) is 2.88. The Morgan fingerprint density at radius 1 is 1.35 bits per heavy atom. The highest BCUT2D eigenvalue weighted by Crippen LogP contribution is 2.13. The minimum Gasteiger partial charge on any atom is -0.389 e. The first-order valence-electron chi connectivity index (χ1n) is 7.19. The largest absolute Gasteiger partial charge is 0.389 e. The molecule has 0 aromatic carbocycles. The third kappa shape index (κ3) is 4.89. The van der Waals surface area contributed by atoms with E-state index in [0.717, 1.165) is 32.6 Å². The fraction of sp³-hybridized carbons (Fsp3) is 0.667. The minimum atomic E-state index is -0.661. The van der Waals surface area contributed by atoms with Gasteiger partial charge in [-0.05, 0) is 31.7 Å². The molecule has 1 aliphatic rings. The Balaban J connectivity index is 1.71. The van der Waals surface area contributed by atoms with Gasteiger partial charge < -0.3 is 10.0 Å². The van der Waals surface area contributed by atoms with Crippen LogP contribution in [0.15, 0.2) is 17.5 Å². The molecule has 0 spiro atoms. The maximum Gasteiger partial charge on any atom is 0.223 e. The molecule has 1 fully saturated rings. The zero-order chi connectivity index (χ0) is 14.6. The van der Waals surface area contributed by atoms with Crippen LogP contribution >= 0.6 is 11.3 Å². The Hall–Kier alpha value is -0.910. The van der Waals surface area contributed by atoms with Gasteiger partial charge in [0.05, 0.1) is 5.60 Å². The SMILES string of the molecule is CC(C)(O)CN1CCN(C(=O)CCc2cccs2)CC1. The molecule has 1 saturated heterocycles. The van der Waals surface area contributed by atoms with E-state index in [0.29, 0.717) is 13.0 Å². The van der Waals surface area contributed by atoms with Crippen LogP contribution in [0.5, 0.6) is 0 Å². The van der Waals surface area contributed by atoms with Gasteiger partial charge in [-0.3, -0.25) is 9.69 Å². The van der Waals surface area contributed by atoms with Crippen LogP contribution in [-0.2, 0) is 11.2 Å². The predicted octanol–water partition coefficient (Wildman–Crippen LogP) is 1.60. The van der Waals surface area contributed by atoms with Crippen LogP contribution in [0.1, 0.15) is 25.1 Å². The van der Waals surface area contributed by atoms with E-state index in [1.165, 1.54) is 4.88 Å². The molecule has 0 saturated carbocycles. The maximum absolute atomic E-state index is 12.1. The standard InChI is InChI=1S/C15H24N2O2S/c1-15(2,19)12-16-7-9-17(10-8-16)14(18)6-5-13-4-3-11-20-13/h3-4,11,19H,5-10,12H2,1-2H3. The van der Waals surface area contributed by atoms with E-state index in [1.54, 1.807) is 11.3 Å². The summed E-state index contributed by atoms with van der Waals surface area (Å²) in [6.45, 7) is 7.59. The van der Waals surface area contributed by atoms with E-state index in [2.05, 4.69) is 16.3 Å². The molecule has 1 aromatic heterocycles. The molecule has 1 aliphatic heterocycles. The van der Waals surface area contributed by atoms with Gasteiger partial charge in [0, 0.05) is 44.0 Å². The van der Waals surface area contributed by atoms with Gasteiger partial charge in [0.15, 0.2) is 0 Å². The lowest BCUT2D eigenvalue weighted by Crippen LogP contribution is -2.52. The van der Waals surface area contributed by atoms with Gasteiger partial charge in [-0.2, -0.15) is 0 Å². The Kier molecular flexibility index (Phi) is 5.18. The Morgan fingerprint density at radius 3 is 2.60 bits per heavy atom. The number of carbonyl (C=O) groups excluding carboxylic acids is 1. The molecule has 1 amide bonds. The molecule has 1 aromatic rings. The number of thiophene rings is 1. The van der Waals surface area contributed by atoms with Gasteiger partial charge in [0.25, 0.3) is 0 Å². The number of amides is 1. The van der Waals surface area contributed by atoms with Crippen molar-refractivity contribution in [2.45, 2.75) is 32.3 Å². The van der Waals surface area contributed by atoms with E-state index in [4.69, 9.17) is 0 Å². The molecule has 0 atom stereocenters. The monoisotopic (exact) mass is 296 g/mol. The molecule has 2 rings (SSSR count). The summed E-state index contributed by atoms with van der Waals surface area (Å²) in [7, 11) is 0. The van der Waals surface area contributed by atoms with Crippen LogP contribution in [0.3, 0.4) is 0 Å². The van der Waals surface area contributed by atoms with Gasteiger partial charge in [0.1, 0.15) is 0 Å². The summed E-state index contributed by atoms with van der Waals surface area (Å²) in [6, 6.07) is 4.11. The zero-order valence-corrected chi connectivity index (χ0v) is 13.2. The number of aryl methyl sites for hydroxylation is 1. The van der Waals surface area contributed by atoms with Crippen LogP contribution in [-0.4, -0.2) is 59.1 Å². The van der Waals surface area contributed by atoms with Crippen LogP contribution in [0.4, 0.5) is 0 Å². The lowest BCUT2D eigenvalue weighted by Gasteiger charge is -2.37. The van der Waals surface area contributed by atoms with Crippen molar-refractivity contribution >= 4 is 17.2 Å². The topological polar surface area (TPSA) is 43.8 Å². The van der Waals surface area contributed by atoms with Gasteiger partial charge in [-0.25, -0.2) is 0 Å². The van der Waals surface area contributed by atoms with Crippen LogP contribution in [0.2, 0.25) is 0 Å². The van der Waals surface area contributed by atoms with Crippen molar-refractivity contribution < 1.29 is 9.90 Å². The third-order valence-corrected chi connectivity index (χ3v) is 4.44. The normalized spacial score (nSPS) is 17.4. The molecule has 1 N–H and O–H groups in total. The van der Waals surface area contributed by atoms with Gasteiger partial charge in [-0.15, -0.1) is 11.3 Å². The fourth-order valence-electron chi connectivity index (χ4n) is 2.55. The summed E-state index contributed by atoms with van der Waals surface area (Å²) in [4.78, 5) is 17.6. The van der Waals surface area contributed by atoms with Crippen molar-refractivity contribution in [1.29, 1.82) is 0 Å². The second kappa shape index (κ2) is 6.70. The summed E-state index contributed by atoms with van der Waals surface area (Å²) in [5.74, 6) is 0.251. The van der Waals surface area contributed by atoms with Crippen molar-refractivity contribution in [3.8, 4) is 0 Å². The smallest absolute Gasteiger partial charge is 0.223 e. The summed E-state index contributed by atoms with van der Waals surface area (Å²) < 4.78 is 0. The molecule has 4 nitrogen and oxygen atoms in total. The lowest BCUT2D eigenvalue weighted by molar-refractivity contribution is -0.133. The quantitative estimate of drug-likeness (QED) is 0.897. The second-order valence-corrected chi connectivity index (χ2v) is 7.08. The highest BCUT2D eigenvalue weighted by molar-refractivity contribution is 7.09. The average molecular weight is 296 g/mol. The lowest BCUT2D eigenvalue weighted by atomic mass is 10.1. The molecule has 112 valence electrons. The van der Waals surface area contributed by atoms with Crippen molar-refractivity contribution in [2.75, 3.05) is 32.7 Å². The number of hydrogen-bond donors (Lipinski definition) is 1. The third-order valence-electron chi connectivity index (χ3n) is 3.50. The Labute approximate surface area is 125 Å². The van der Waals surface area contributed by atoms with Crippen molar-refractivity contribution in [2.24, 2.45) is 0 Å². The van der Waals surface area contributed by atoms with Crippen molar-refractivity contribution in [3.63, 3.8) is 0 Å². The van der Waals surface area contributed by atoms with Gasteiger partial charge in [-0.1, -0.05) is 6.07 Å². The first kappa shape index (κ1) is 15.5. The Bertz CT molecular complexity index is 418. The first-order valence-corrected chi connectivity index (χ1v) is 8.07. The highest BCUT2D eigenvalue weighted by Gasteiger charge is 2.24. The minimum absolute atomic E-state index is 0.251. The van der Waals surface area contributed by atoms with Crippen LogP contribution in [0, 0.1) is 0 Å². The van der Waals surface area contributed by atoms with E-state index in [-0.39, 0.29) is 5.91 Å². The maximum atomic E-state index is 12.1. The first-order chi connectivity index (χ1) is 9.44. The summed E-state index contributed by atoms with van der Waals surface area (Å²) in [6.07, 6.45) is 1.45. The fourth-order valence-corrected chi connectivity index (χ4v) is 3.25. The van der Waals surface area contributed by atoms with E-state index >= 15 is 0 Å². The summed E-state index contributed by atoms with van der Waals surface area (Å²) in [5.41, 5.74) is -0.661.